The van der Waals surface area contributed by atoms with Crippen LogP contribution >= 0.6 is 11.6 Å². The van der Waals surface area contributed by atoms with Crippen molar-refractivity contribution in [1.82, 2.24) is 10.6 Å². The van der Waals surface area contributed by atoms with E-state index in [0.717, 1.165) is 24.3 Å². The first kappa shape index (κ1) is 16.4. The smallest absolute Gasteiger partial charge is 0.246 e. The fourth-order valence-corrected chi connectivity index (χ4v) is 3.70. The van der Waals surface area contributed by atoms with Gasteiger partial charge in [-0.3, -0.25) is 4.79 Å². The van der Waals surface area contributed by atoms with Gasteiger partial charge in [-0.05, 0) is 65.3 Å². The summed E-state index contributed by atoms with van der Waals surface area (Å²) in [5.41, 5.74) is 5.69. The third kappa shape index (κ3) is 3.51. The minimum atomic E-state index is -0.464. The molecule has 2 aromatic carbocycles. The van der Waals surface area contributed by atoms with Gasteiger partial charge < -0.3 is 16.0 Å². The van der Waals surface area contributed by atoms with Crippen molar-refractivity contribution in [2.75, 3.05) is 12.4 Å². The number of amides is 1. The second-order valence-corrected chi connectivity index (χ2v) is 7.31. The maximum Gasteiger partial charge on any atom is 0.246 e. The highest BCUT2D eigenvalue weighted by Gasteiger charge is 2.27. The van der Waals surface area contributed by atoms with Gasteiger partial charge >= 0.3 is 0 Å². The van der Waals surface area contributed by atoms with Crippen molar-refractivity contribution >= 4 is 23.2 Å². The lowest BCUT2D eigenvalue weighted by Crippen LogP contribution is -2.31. The summed E-state index contributed by atoms with van der Waals surface area (Å²) in [6.07, 6.45) is 2.41. The SMILES string of the molecule is CNC(=O)[C@H](Nc1ccc2c(c1)CNC2)c1cc(Cl)cc(C2CC2)c1. The molecule has 1 heterocycles. The first-order valence-corrected chi connectivity index (χ1v) is 9.13. The first-order valence-electron chi connectivity index (χ1n) is 8.75. The summed E-state index contributed by atoms with van der Waals surface area (Å²) in [6.45, 7) is 1.78. The summed E-state index contributed by atoms with van der Waals surface area (Å²) in [6, 6.07) is 11.8. The number of rotatable bonds is 5. The van der Waals surface area contributed by atoms with E-state index in [1.54, 1.807) is 7.05 Å². The predicted molar refractivity (Wildman–Crippen MR) is 101 cm³/mol. The molecule has 2 aliphatic rings. The number of fused-ring (bicyclic) bond motifs is 1. The lowest BCUT2D eigenvalue weighted by Gasteiger charge is -2.20. The van der Waals surface area contributed by atoms with Crippen molar-refractivity contribution in [2.45, 2.75) is 37.9 Å². The quantitative estimate of drug-likeness (QED) is 0.766. The van der Waals surface area contributed by atoms with Crippen LogP contribution in [-0.4, -0.2) is 13.0 Å². The molecule has 3 N–H and O–H groups in total. The van der Waals surface area contributed by atoms with Crippen LogP contribution in [0.5, 0.6) is 0 Å². The van der Waals surface area contributed by atoms with Gasteiger partial charge in [0.25, 0.3) is 0 Å². The zero-order chi connectivity index (χ0) is 17.4. The molecule has 1 amide bonds. The van der Waals surface area contributed by atoms with Crippen LogP contribution in [-0.2, 0) is 17.9 Å². The Bertz CT molecular complexity index is 817. The lowest BCUT2D eigenvalue weighted by molar-refractivity contribution is -0.121. The van der Waals surface area contributed by atoms with E-state index in [4.69, 9.17) is 11.6 Å². The molecular formula is C20H22ClN3O. The largest absolute Gasteiger partial charge is 0.370 e. The maximum atomic E-state index is 12.5. The van der Waals surface area contributed by atoms with Crippen LogP contribution < -0.4 is 16.0 Å². The summed E-state index contributed by atoms with van der Waals surface area (Å²) < 4.78 is 0. The molecule has 0 aromatic heterocycles. The second-order valence-electron chi connectivity index (χ2n) is 6.87. The summed E-state index contributed by atoms with van der Waals surface area (Å²) in [5.74, 6) is 0.525. The molecule has 4 rings (SSSR count). The summed E-state index contributed by atoms with van der Waals surface area (Å²) in [4.78, 5) is 12.5. The van der Waals surface area contributed by atoms with Crippen LogP contribution in [0.1, 0.15) is 47.1 Å². The van der Waals surface area contributed by atoms with E-state index in [1.165, 1.54) is 29.5 Å². The van der Waals surface area contributed by atoms with Crippen molar-refractivity contribution in [3.05, 3.63) is 63.7 Å². The first-order chi connectivity index (χ1) is 12.1. The minimum Gasteiger partial charge on any atom is -0.370 e. The molecule has 1 aliphatic heterocycles. The Labute approximate surface area is 153 Å². The minimum absolute atomic E-state index is 0.0670. The zero-order valence-electron chi connectivity index (χ0n) is 14.2. The molecule has 25 heavy (non-hydrogen) atoms. The van der Waals surface area contributed by atoms with E-state index in [2.05, 4.69) is 34.1 Å². The molecular weight excluding hydrogens is 334 g/mol. The fraction of sp³-hybridized carbons (Fsp3) is 0.350. The molecule has 0 spiro atoms. The van der Waals surface area contributed by atoms with Crippen LogP contribution in [0.4, 0.5) is 5.69 Å². The molecule has 1 atom stereocenters. The monoisotopic (exact) mass is 355 g/mol. The van der Waals surface area contributed by atoms with Gasteiger partial charge in [-0.1, -0.05) is 23.7 Å². The molecule has 0 unspecified atom stereocenters. The topological polar surface area (TPSA) is 53.2 Å². The van der Waals surface area contributed by atoms with E-state index in [1.807, 2.05) is 18.2 Å². The third-order valence-corrected chi connectivity index (χ3v) is 5.20. The van der Waals surface area contributed by atoms with Gasteiger partial charge in [0, 0.05) is 30.8 Å². The van der Waals surface area contributed by atoms with Gasteiger partial charge in [-0.2, -0.15) is 0 Å². The Morgan fingerprint density at radius 1 is 1.16 bits per heavy atom. The summed E-state index contributed by atoms with van der Waals surface area (Å²) in [7, 11) is 1.66. The van der Waals surface area contributed by atoms with Crippen LogP contribution in [0.3, 0.4) is 0 Å². The zero-order valence-corrected chi connectivity index (χ0v) is 15.0. The molecule has 1 aliphatic carbocycles. The highest BCUT2D eigenvalue weighted by molar-refractivity contribution is 6.30. The van der Waals surface area contributed by atoms with Crippen molar-refractivity contribution in [2.24, 2.45) is 0 Å². The molecule has 2 aromatic rings. The molecule has 4 nitrogen and oxygen atoms in total. The molecule has 130 valence electrons. The van der Waals surface area contributed by atoms with Gasteiger partial charge in [0.15, 0.2) is 0 Å². The number of halogens is 1. The number of hydrogen-bond donors (Lipinski definition) is 3. The van der Waals surface area contributed by atoms with E-state index in [9.17, 15) is 4.79 Å². The fourth-order valence-electron chi connectivity index (χ4n) is 3.45. The average Bonchev–Trinajstić information content (AvgIpc) is 3.36. The predicted octanol–water partition coefficient (Wildman–Crippen LogP) is 3.72. The van der Waals surface area contributed by atoms with E-state index in [-0.39, 0.29) is 5.91 Å². The lowest BCUT2D eigenvalue weighted by atomic mass is 10.00. The normalized spacial score (nSPS) is 17.0. The number of benzene rings is 2. The highest BCUT2D eigenvalue weighted by Crippen LogP contribution is 2.42. The van der Waals surface area contributed by atoms with Gasteiger partial charge in [0.2, 0.25) is 5.91 Å². The highest BCUT2D eigenvalue weighted by atomic mass is 35.5. The number of nitrogens with one attached hydrogen (secondary N) is 3. The number of hydrogen-bond acceptors (Lipinski definition) is 3. The van der Waals surface area contributed by atoms with E-state index in [0.29, 0.717) is 10.9 Å². The summed E-state index contributed by atoms with van der Waals surface area (Å²) >= 11 is 6.33. The number of carbonyl (C=O) groups excluding carboxylic acids is 1. The Morgan fingerprint density at radius 2 is 1.96 bits per heavy atom. The van der Waals surface area contributed by atoms with Gasteiger partial charge in [0.05, 0.1) is 0 Å². The number of carbonyl (C=O) groups is 1. The summed E-state index contributed by atoms with van der Waals surface area (Å²) in [5, 5.41) is 10.2. The van der Waals surface area contributed by atoms with Crippen LogP contribution in [0, 0.1) is 0 Å². The maximum absolute atomic E-state index is 12.5. The van der Waals surface area contributed by atoms with Gasteiger partial charge in [-0.25, -0.2) is 0 Å². The van der Waals surface area contributed by atoms with Crippen molar-refractivity contribution in [3.63, 3.8) is 0 Å². The van der Waals surface area contributed by atoms with Gasteiger partial charge in [-0.15, -0.1) is 0 Å². The molecule has 1 saturated carbocycles. The van der Waals surface area contributed by atoms with Crippen molar-refractivity contribution in [1.29, 1.82) is 0 Å². The molecule has 0 radical (unpaired) electrons. The van der Waals surface area contributed by atoms with Gasteiger partial charge in [0.1, 0.15) is 6.04 Å². The van der Waals surface area contributed by atoms with E-state index < -0.39 is 6.04 Å². The second kappa shape index (κ2) is 6.70. The number of likely N-dealkylation sites (N-methyl/N-ethyl adjacent to an activating group) is 1. The third-order valence-electron chi connectivity index (χ3n) is 4.98. The van der Waals surface area contributed by atoms with Crippen molar-refractivity contribution in [3.8, 4) is 0 Å². The molecule has 5 heteroatoms. The molecule has 0 saturated heterocycles. The Morgan fingerprint density at radius 3 is 2.72 bits per heavy atom. The molecule has 0 bridgehead atoms. The van der Waals surface area contributed by atoms with E-state index >= 15 is 0 Å². The number of anilines is 1. The van der Waals surface area contributed by atoms with Crippen LogP contribution in [0.2, 0.25) is 5.02 Å². The Balaban J connectivity index is 1.65. The van der Waals surface area contributed by atoms with Crippen LogP contribution in [0.25, 0.3) is 0 Å². The molecule has 1 fully saturated rings. The average molecular weight is 356 g/mol. The Hall–Kier alpha value is -2.04. The standard InChI is InChI=1S/C20H22ClN3O/c1-22-20(25)19(15-6-14(12-2-3-12)7-17(21)8-15)24-18-5-4-13-10-23-11-16(13)9-18/h4-9,12,19,23-24H,2-3,10-11H2,1H3,(H,22,25)/t19-/m1/s1. The van der Waals surface area contributed by atoms with Crippen molar-refractivity contribution < 1.29 is 4.79 Å². The van der Waals surface area contributed by atoms with Crippen LogP contribution in [0.15, 0.2) is 36.4 Å². The Kier molecular flexibility index (Phi) is 4.40.